The van der Waals surface area contributed by atoms with Gasteiger partial charge >= 0.3 is 5.69 Å². The number of anilines is 1. The predicted molar refractivity (Wildman–Crippen MR) is 86.1 cm³/mol. The lowest BCUT2D eigenvalue weighted by atomic mass is 9.86. The summed E-state index contributed by atoms with van der Waals surface area (Å²) in [6.07, 6.45) is 6.89. The van der Waals surface area contributed by atoms with Gasteiger partial charge in [0.2, 0.25) is 5.82 Å². The lowest BCUT2D eigenvalue weighted by Gasteiger charge is -2.41. The Balaban J connectivity index is 1.61. The third-order valence-corrected chi connectivity index (χ3v) is 5.08. The molecule has 1 aliphatic carbocycles. The Labute approximate surface area is 131 Å². The molecule has 3 rings (SSSR count). The van der Waals surface area contributed by atoms with Gasteiger partial charge in [-0.05, 0) is 37.7 Å². The van der Waals surface area contributed by atoms with Gasteiger partial charge in [0.05, 0.1) is 4.92 Å². The molecule has 2 heterocycles. The molecule has 120 valence electrons. The summed E-state index contributed by atoms with van der Waals surface area (Å²) in [6, 6.07) is 3.87. The van der Waals surface area contributed by atoms with Crippen molar-refractivity contribution in [2.24, 2.45) is 5.92 Å². The van der Waals surface area contributed by atoms with Crippen LogP contribution in [0, 0.1) is 16.0 Å². The van der Waals surface area contributed by atoms with E-state index < -0.39 is 0 Å². The van der Waals surface area contributed by atoms with E-state index in [1.54, 1.807) is 12.3 Å². The Hall–Kier alpha value is -1.69. The van der Waals surface area contributed by atoms with Crippen molar-refractivity contribution in [1.29, 1.82) is 0 Å². The highest BCUT2D eigenvalue weighted by atomic mass is 16.6. The first kappa shape index (κ1) is 15.2. The van der Waals surface area contributed by atoms with Crippen LogP contribution in [0.3, 0.4) is 0 Å². The smallest absolute Gasteiger partial charge is 0.311 e. The summed E-state index contributed by atoms with van der Waals surface area (Å²) in [4.78, 5) is 19.7. The molecular weight excluding hydrogens is 280 g/mol. The number of pyridine rings is 1. The van der Waals surface area contributed by atoms with Gasteiger partial charge in [-0.15, -0.1) is 0 Å². The second-order valence-electron chi connectivity index (χ2n) is 6.54. The van der Waals surface area contributed by atoms with Crippen molar-refractivity contribution in [1.82, 2.24) is 9.88 Å². The van der Waals surface area contributed by atoms with Crippen molar-refractivity contribution in [3.63, 3.8) is 0 Å². The van der Waals surface area contributed by atoms with E-state index in [9.17, 15) is 10.1 Å². The van der Waals surface area contributed by atoms with Crippen molar-refractivity contribution in [2.45, 2.75) is 38.6 Å². The molecule has 0 amide bonds. The van der Waals surface area contributed by atoms with Crippen molar-refractivity contribution in [2.75, 3.05) is 31.1 Å². The molecule has 0 bridgehead atoms. The molecule has 0 aromatic carbocycles. The van der Waals surface area contributed by atoms with Crippen LogP contribution in [-0.2, 0) is 0 Å². The summed E-state index contributed by atoms with van der Waals surface area (Å²) in [7, 11) is 0. The van der Waals surface area contributed by atoms with Crippen molar-refractivity contribution in [3.8, 4) is 0 Å². The van der Waals surface area contributed by atoms with E-state index in [2.05, 4.69) is 21.7 Å². The first-order chi connectivity index (χ1) is 10.6. The highest BCUT2D eigenvalue weighted by molar-refractivity contribution is 5.57. The summed E-state index contributed by atoms with van der Waals surface area (Å²) in [5.74, 6) is 1.39. The van der Waals surface area contributed by atoms with Crippen LogP contribution in [-0.4, -0.2) is 47.0 Å². The molecule has 0 N–H and O–H groups in total. The number of nitrogens with zero attached hydrogens (tertiary/aromatic N) is 4. The highest BCUT2D eigenvalue weighted by Crippen LogP contribution is 2.30. The van der Waals surface area contributed by atoms with Crippen molar-refractivity contribution >= 4 is 11.5 Å². The molecule has 6 heteroatoms. The van der Waals surface area contributed by atoms with Crippen LogP contribution in [0.5, 0.6) is 0 Å². The predicted octanol–water partition coefficient (Wildman–Crippen LogP) is 2.69. The SMILES string of the molecule is CC1CCC(N2CCN(c3ncccc3[N+](=O)[O-])CC2)CC1. The van der Waals surface area contributed by atoms with E-state index in [1.807, 2.05) is 0 Å². The van der Waals surface area contributed by atoms with E-state index in [1.165, 1.54) is 31.7 Å². The minimum atomic E-state index is -0.336. The zero-order valence-corrected chi connectivity index (χ0v) is 13.1. The maximum Gasteiger partial charge on any atom is 0.311 e. The van der Waals surface area contributed by atoms with Crippen LogP contribution in [0.2, 0.25) is 0 Å². The first-order valence-electron chi connectivity index (χ1n) is 8.23. The summed E-state index contributed by atoms with van der Waals surface area (Å²) in [5.41, 5.74) is 0.113. The zero-order chi connectivity index (χ0) is 15.5. The topological polar surface area (TPSA) is 62.5 Å². The molecule has 0 spiro atoms. The fraction of sp³-hybridized carbons (Fsp3) is 0.688. The first-order valence-corrected chi connectivity index (χ1v) is 8.23. The summed E-state index contributed by atoms with van der Waals surface area (Å²) < 4.78 is 0. The standard InChI is InChI=1S/C16H24N4O2/c1-13-4-6-14(7-5-13)18-9-11-19(12-10-18)16-15(20(21)22)3-2-8-17-16/h2-3,8,13-14H,4-7,9-12H2,1H3. The van der Waals surface area contributed by atoms with Crippen LogP contribution >= 0.6 is 0 Å². The van der Waals surface area contributed by atoms with Gasteiger partial charge < -0.3 is 4.90 Å². The molecule has 6 nitrogen and oxygen atoms in total. The van der Waals surface area contributed by atoms with Gasteiger partial charge in [0, 0.05) is 44.5 Å². The van der Waals surface area contributed by atoms with E-state index >= 15 is 0 Å². The Morgan fingerprint density at radius 2 is 1.86 bits per heavy atom. The molecule has 1 aliphatic heterocycles. The van der Waals surface area contributed by atoms with Gasteiger partial charge in [-0.2, -0.15) is 0 Å². The molecule has 2 aliphatic rings. The van der Waals surface area contributed by atoms with Crippen LogP contribution in [0.4, 0.5) is 11.5 Å². The van der Waals surface area contributed by atoms with Gasteiger partial charge in [-0.1, -0.05) is 6.92 Å². The quantitative estimate of drug-likeness (QED) is 0.634. The maximum atomic E-state index is 11.1. The van der Waals surface area contributed by atoms with E-state index in [-0.39, 0.29) is 10.6 Å². The van der Waals surface area contributed by atoms with Crippen LogP contribution < -0.4 is 4.90 Å². The Kier molecular flexibility index (Phi) is 4.57. The lowest BCUT2D eigenvalue weighted by molar-refractivity contribution is -0.384. The van der Waals surface area contributed by atoms with Gasteiger partial charge in [0.1, 0.15) is 0 Å². The normalized spacial score (nSPS) is 26.9. The second kappa shape index (κ2) is 6.60. The zero-order valence-electron chi connectivity index (χ0n) is 13.1. The molecule has 22 heavy (non-hydrogen) atoms. The number of hydrogen-bond donors (Lipinski definition) is 0. The van der Waals surface area contributed by atoms with Crippen LogP contribution in [0.25, 0.3) is 0 Å². The number of nitro groups is 1. The average Bonchev–Trinajstić information content (AvgIpc) is 2.56. The largest absolute Gasteiger partial charge is 0.348 e. The summed E-state index contributed by atoms with van der Waals surface area (Å²) >= 11 is 0. The van der Waals surface area contributed by atoms with E-state index in [0.29, 0.717) is 11.9 Å². The Morgan fingerprint density at radius 1 is 1.18 bits per heavy atom. The van der Waals surface area contributed by atoms with Crippen molar-refractivity contribution < 1.29 is 4.92 Å². The molecule has 1 aromatic rings. The average molecular weight is 304 g/mol. The van der Waals surface area contributed by atoms with Gasteiger partial charge in [-0.25, -0.2) is 4.98 Å². The fourth-order valence-electron chi connectivity index (χ4n) is 3.68. The number of rotatable bonds is 3. The lowest BCUT2D eigenvalue weighted by Crippen LogP contribution is -2.51. The third kappa shape index (κ3) is 3.21. The molecule has 0 radical (unpaired) electrons. The number of hydrogen-bond acceptors (Lipinski definition) is 5. The maximum absolute atomic E-state index is 11.1. The molecule has 1 saturated carbocycles. The summed E-state index contributed by atoms with van der Waals surface area (Å²) in [5, 5.41) is 11.1. The van der Waals surface area contributed by atoms with Crippen LogP contribution in [0.1, 0.15) is 32.6 Å². The van der Waals surface area contributed by atoms with Gasteiger partial charge in [0.25, 0.3) is 0 Å². The molecule has 1 aromatic heterocycles. The minimum Gasteiger partial charge on any atom is -0.348 e. The van der Waals surface area contributed by atoms with Crippen LogP contribution in [0.15, 0.2) is 18.3 Å². The molecule has 0 atom stereocenters. The minimum absolute atomic E-state index is 0.113. The van der Waals surface area contributed by atoms with E-state index in [4.69, 9.17) is 0 Å². The van der Waals surface area contributed by atoms with E-state index in [0.717, 1.165) is 32.1 Å². The molecule has 1 saturated heterocycles. The number of aromatic nitrogens is 1. The highest BCUT2D eigenvalue weighted by Gasteiger charge is 2.29. The monoisotopic (exact) mass is 304 g/mol. The van der Waals surface area contributed by atoms with Gasteiger partial charge in [-0.3, -0.25) is 15.0 Å². The molecule has 0 unspecified atom stereocenters. The van der Waals surface area contributed by atoms with Gasteiger partial charge in [0.15, 0.2) is 0 Å². The molecular formula is C16H24N4O2. The Morgan fingerprint density at radius 3 is 2.50 bits per heavy atom. The fourth-order valence-corrected chi connectivity index (χ4v) is 3.68. The number of piperazine rings is 1. The molecule has 2 fully saturated rings. The van der Waals surface area contributed by atoms with Crippen molar-refractivity contribution in [3.05, 3.63) is 28.4 Å². The third-order valence-electron chi connectivity index (χ3n) is 5.08. The summed E-state index contributed by atoms with van der Waals surface area (Å²) in [6.45, 7) is 5.95. The second-order valence-corrected chi connectivity index (χ2v) is 6.54. The Bertz CT molecular complexity index is 521.